The number of benzene rings is 1. The molecule has 7 nitrogen and oxygen atoms in total. The summed E-state index contributed by atoms with van der Waals surface area (Å²) in [5, 5.41) is 4.06. The third kappa shape index (κ3) is 4.84. The first-order valence-corrected chi connectivity index (χ1v) is 11.7. The standard InChI is InChI=1S/C23H30N4O3S/c1-15(2)22(29)26-10-12-27(13-11-26)23-25-19-9-4-16(14-20(19)31-23)21(28)24-17-5-7-18(30-3)8-6-17/h5-8,15-16H,4,9-14H2,1-3H3,(H,24,28)/t16-/m0/s1. The topological polar surface area (TPSA) is 74.8 Å². The number of ether oxygens (including phenoxy) is 1. The van der Waals surface area contributed by atoms with Gasteiger partial charge in [0, 0.05) is 48.6 Å². The Labute approximate surface area is 187 Å². The molecule has 2 amide bonds. The summed E-state index contributed by atoms with van der Waals surface area (Å²) in [5.74, 6) is 1.06. The number of aryl methyl sites for hydroxylation is 1. The zero-order chi connectivity index (χ0) is 22.0. The monoisotopic (exact) mass is 442 g/mol. The Hall–Kier alpha value is -2.61. The fourth-order valence-electron chi connectivity index (χ4n) is 4.12. The number of amides is 2. The van der Waals surface area contributed by atoms with Crippen molar-refractivity contribution in [3.05, 3.63) is 34.8 Å². The highest BCUT2D eigenvalue weighted by molar-refractivity contribution is 7.15. The maximum atomic E-state index is 12.8. The van der Waals surface area contributed by atoms with Crippen molar-refractivity contribution in [1.82, 2.24) is 9.88 Å². The van der Waals surface area contributed by atoms with Gasteiger partial charge >= 0.3 is 0 Å². The number of nitrogens with zero attached hydrogens (tertiary/aromatic N) is 3. The predicted molar refractivity (Wildman–Crippen MR) is 123 cm³/mol. The van der Waals surface area contributed by atoms with Gasteiger partial charge in [0.25, 0.3) is 0 Å². The molecular formula is C23H30N4O3S. The largest absolute Gasteiger partial charge is 0.497 e. The molecule has 4 rings (SSSR count). The number of carbonyl (C=O) groups excluding carboxylic acids is 2. The Morgan fingerprint density at radius 2 is 1.87 bits per heavy atom. The minimum atomic E-state index is -0.0385. The molecule has 1 fully saturated rings. The van der Waals surface area contributed by atoms with Gasteiger partial charge < -0.3 is 19.9 Å². The van der Waals surface area contributed by atoms with Crippen LogP contribution < -0.4 is 15.0 Å². The maximum Gasteiger partial charge on any atom is 0.227 e. The van der Waals surface area contributed by atoms with Crippen LogP contribution in [0.15, 0.2) is 24.3 Å². The van der Waals surface area contributed by atoms with E-state index >= 15 is 0 Å². The van der Waals surface area contributed by atoms with Crippen molar-refractivity contribution in [3.8, 4) is 5.75 Å². The Kier molecular flexibility index (Phi) is 6.46. The van der Waals surface area contributed by atoms with Crippen LogP contribution in [0.2, 0.25) is 0 Å². The molecule has 1 aliphatic carbocycles. The van der Waals surface area contributed by atoms with E-state index in [1.54, 1.807) is 18.4 Å². The van der Waals surface area contributed by atoms with Crippen molar-refractivity contribution in [3.63, 3.8) is 0 Å². The number of aromatic nitrogens is 1. The van der Waals surface area contributed by atoms with Crippen molar-refractivity contribution in [2.45, 2.75) is 33.1 Å². The number of piperazine rings is 1. The number of carbonyl (C=O) groups is 2. The van der Waals surface area contributed by atoms with E-state index < -0.39 is 0 Å². The van der Waals surface area contributed by atoms with Gasteiger partial charge in [-0.15, -0.1) is 11.3 Å². The van der Waals surface area contributed by atoms with Crippen LogP contribution in [0.4, 0.5) is 10.8 Å². The van der Waals surface area contributed by atoms with E-state index in [-0.39, 0.29) is 23.7 Å². The van der Waals surface area contributed by atoms with Gasteiger partial charge in [0.2, 0.25) is 11.8 Å². The average molecular weight is 443 g/mol. The second-order valence-corrected chi connectivity index (χ2v) is 9.55. The molecule has 0 unspecified atom stereocenters. The van der Waals surface area contributed by atoms with Gasteiger partial charge in [-0.1, -0.05) is 13.8 Å². The first-order chi connectivity index (χ1) is 14.9. The van der Waals surface area contributed by atoms with Crippen LogP contribution >= 0.6 is 11.3 Å². The van der Waals surface area contributed by atoms with E-state index in [4.69, 9.17) is 9.72 Å². The van der Waals surface area contributed by atoms with Crippen LogP contribution in [-0.4, -0.2) is 55.0 Å². The quantitative estimate of drug-likeness (QED) is 0.770. The van der Waals surface area contributed by atoms with Crippen LogP contribution in [0.25, 0.3) is 0 Å². The minimum Gasteiger partial charge on any atom is -0.497 e. The van der Waals surface area contributed by atoms with Crippen molar-refractivity contribution in [2.75, 3.05) is 43.5 Å². The number of nitrogens with one attached hydrogen (secondary N) is 1. The number of anilines is 2. The molecule has 2 aromatic rings. The van der Waals surface area contributed by atoms with E-state index in [1.807, 2.05) is 43.0 Å². The van der Waals surface area contributed by atoms with E-state index in [1.165, 1.54) is 4.88 Å². The lowest BCUT2D eigenvalue weighted by atomic mass is 9.90. The highest BCUT2D eigenvalue weighted by atomic mass is 32.1. The van der Waals surface area contributed by atoms with E-state index in [0.717, 1.165) is 67.7 Å². The zero-order valence-electron chi connectivity index (χ0n) is 18.4. The molecule has 0 bridgehead atoms. The normalized spacial score (nSPS) is 18.6. The summed E-state index contributed by atoms with van der Waals surface area (Å²) in [5.41, 5.74) is 1.92. The first kappa shape index (κ1) is 21.6. The van der Waals surface area contributed by atoms with Crippen molar-refractivity contribution in [2.24, 2.45) is 11.8 Å². The molecule has 0 radical (unpaired) electrons. The minimum absolute atomic E-state index is 0.0385. The molecule has 1 aromatic heterocycles. The van der Waals surface area contributed by atoms with Gasteiger partial charge in [0.15, 0.2) is 5.13 Å². The lowest BCUT2D eigenvalue weighted by Gasteiger charge is -2.35. The Morgan fingerprint density at radius 3 is 2.52 bits per heavy atom. The lowest BCUT2D eigenvalue weighted by molar-refractivity contribution is -0.134. The van der Waals surface area contributed by atoms with E-state index in [2.05, 4.69) is 10.2 Å². The maximum absolute atomic E-state index is 12.8. The summed E-state index contributed by atoms with van der Waals surface area (Å²) < 4.78 is 5.17. The van der Waals surface area contributed by atoms with Gasteiger partial charge in [0.05, 0.1) is 12.8 Å². The molecule has 0 saturated carbocycles. The molecular weight excluding hydrogens is 412 g/mol. The van der Waals surface area contributed by atoms with Crippen LogP contribution in [0.3, 0.4) is 0 Å². The smallest absolute Gasteiger partial charge is 0.227 e. The van der Waals surface area contributed by atoms with Crippen LogP contribution in [0, 0.1) is 11.8 Å². The first-order valence-electron chi connectivity index (χ1n) is 10.9. The number of thiazole rings is 1. The fraction of sp³-hybridized carbons (Fsp3) is 0.522. The number of hydrogen-bond acceptors (Lipinski definition) is 6. The molecule has 2 heterocycles. The van der Waals surface area contributed by atoms with E-state index in [9.17, 15) is 9.59 Å². The summed E-state index contributed by atoms with van der Waals surface area (Å²) in [6.45, 7) is 7.01. The molecule has 166 valence electrons. The third-order valence-corrected chi connectivity index (χ3v) is 7.19. The van der Waals surface area contributed by atoms with Crippen LogP contribution in [0.5, 0.6) is 5.75 Å². The van der Waals surface area contributed by atoms with Gasteiger partial charge in [-0.2, -0.15) is 0 Å². The number of hydrogen-bond donors (Lipinski definition) is 1. The second kappa shape index (κ2) is 9.26. The SMILES string of the molecule is COc1ccc(NC(=O)[C@H]2CCc3nc(N4CCN(C(=O)C(C)C)CC4)sc3C2)cc1. The van der Waals surface area contributed by atoms with Crippen molar-refractivity contribution < 1.29 is 14.3 Å². The molecule has 2 aliphatic rings. The lowest BCUT2D eigenvalue weighted by Crippen LogP contribution is -2.49. The average Bonchev–Trinajstić information content (AvgIpc) is 3.22. The molecule has 1 aromatic carbocycles. The second-order valence-electron chi connectivity index (χ2n) is 8.49. The molecule has 1 aliphatic heterocycles. The highest BCUT2D eigenvalue weighted by Crippen LogP contribution is 2.35. The van der Waals surface area contributed by atoms with Crippen LogP contribution in [0.1, 0.15) is 30.8 Å². The van der Waals surface area contributed by atoms with Gasteiger partial charge in [-0.3, -0.25) is 9.59 Å². The summed E-state index contributed by atoms with van der Waals surface area (Å²) in [7, 11) is 1.63. The molecule has 1 saturated heterocycles. The summed E-state index contributed by atoms with van der Waals surface area (Å²) in [4.78, 5) is 35.3. The van der Waals surface area contributed by atoms with Crippen molar-refractivity contribution >= 4 is 34.0 Å². The summed E-state index contributed by atoms with van der Waals surface area (Å²) in [6, 6.07) is 7.41. The fourth-order valence-corrected chi connectivity index (χ4v) is 5.36. The van der Waals surface area contributed by atoms with E-state index in [0.29, 0.717) is 0 Å². The van der Waals surface area contributed by atoms with Gasteiger partial charge in [-0.25, -0.2) is 4.98 Å². The highest BCUT2D eigenvalue weighted by Gasteiger charge is 2.30. The van der Waals surface area contributed by atoms with Crippen LogP contribution in [-0.2, 0) is 22.4 Å². The number of fused-ring (bicyclic) bond motifs is 1. The Balaban J connectivity index is 1.35. The molecule has 0 spiro atoms. The molecule has 1 atom stereocenters. The zero-order valence-corrected chi connectivity index (χ0v) is 19.2. The van der Waals surface area contributed by atoms with Crippen molar-refractivity contribution in [1.29, 1.82) is 0 Å². The summed E-state index contributed by atoms with van der Waals surface area (Å²) in [6.07, 6.45) is 2.38. The number of rotatable bonds is 5. The molecule has 8 heteroatoms. The summed E-state index contributed by atoms with van der Waals surface area (Å²) >= 11 is 1.71. The van der Waals surface area contributed by atoms with Gasteiger partial charge in [0.1, 0.15) is 5.75 Å². The number of methoxy groups -OCH3 is 1. The van der Waals surface area contributed by atoms with Gasteiger partial charge in [-0.05, 0) is 43.5 Å². The Morgan fingerprint density at radius 1 is 1.16 bits per heavy atom. The third-order valence-electron chi connectivity index (χ3n) is 6.01. The molecule has 1 N–H and O–H groups in total. The predicted octanol–water partition coefficient (Wildman–Crippen LogP) is 3.20. The Bertz CT molecular complexity index is 933. The molecule has 31 heavy (non-hydrogen) atoms.